The smallest absolute Gasteiger partial charge is 0.339 e. The predicted molar refractivity (Wildman–Crippen MR) is 111 cm³/mol. The number of aromatic nitrogens is 3. The second-order valence-corrected chi connectivity index (χ2v) is 6.23. The Bertz CT molecular complexity index is 1300. The van der Waals surface area contributed by atoms with Crippen molar-refractivity contribution in [3.8, 4) is 11.3 Å². The molecule has 5 rings (SSSR count). The van der Waals surface area contributed by atoms with Crippen molar-refractivity contribution in [2.24, 2.45) is 0 Å². The Morgan fingerprint density at radius 3 is 2.34 bits per heavy atom. The average Bonchev–Trinajstić information content (AvgIpc) is 3.18. The summed E-state index contributed by atoms with van der Waals surface area (Å²) in [6.07, 6.45) is 2.14. The van der Waals surface area contributed by atoms with E-state index in [1.54, 1.807) is 0 Å². The van der Waals surface area contributed by atoms with Gasteiger partial charge in [-0.2, -0.15) is 9.59 Å². The fourth-order valence-corrected chi connectivity index (χ4v) is 3.24. The third-order valence-corrected chi connectivity index (χ3v) is 4.47. The molecular formula is C23H16N4O2. The van der Waals surface area contributed by atoms with Crippen LogP contribution >= 0.6 is 0 Å². The summed E-state index contributed by atoms with van der Waals surface area (Å²) < 4.78 is 1.90. The molecule has 6 heteroatoms. The first kappa shape index (κ1) is 18.1. The number of nitrogens with zero attached hydrogens (tertiary/aromatic N) is 3. The number of anilines is 2. The van der Waals surface area contributed by atoms with Gasteiger partial charge in [-0.05, 0) is 35.0 Å². The van der Waals surface area contributed by atoms with Crippen molar-refractivity contribution in [1.29, 1.82) is 0 Å². The number of carbonyl (C=O) groups excluding carboxylic acids is 2. The van der Waals surface area contributed by atoms with Crippen LogP contribution in [0.5, 0.6) is 0 Å². The van der Waals surface area contributed by atoms with Gasteiger partial charge in [-0.3, -0.25) is 0 Å². The second kappa shape index (κ2) is 8.17. The summed E-state index contributed by atoms with van der Waals surface area (Å²) in [6.45, 7) is 0. The second-order valence-electron chi connectivity index (χ2n) is 6.23. The minimum absolute atomic E-state index is 0.250. The van der Waals surface area contributed by atoms with Crippen LogP contribution in [0.3, 0.4) is 0 Å². The van der Waals surface area contributed by atoms with E-state index in [-0.39, 0.29) is 6.15 Å². The highest BCUT2D eigenvalue weighted by Crippen LogP contribution is 2.29. The Morgan fingerprint density at radius 1 is 0.793 bits per heavy atom. The highest BCUT2D eigenvalue weighted by atomic mass is 16.2. The molecule has 6 nitrogen and oxygen atoms in total. The maximum absolute atomic E-state index is 8.12. The van der Waals surface area contributed by atoms with E-state index in [0.717, 1.165) is 28.4 Å². The van der Waals surface area contributed by atoms with Crippen LogP contribution in [0.2, 0.25) is 0 Å². The molecule has 140 valence electrons. The number of nitrogens with one attached hydrogen (secondary N) is 1. The zero-order chi connectivity index (χ0) is 20.1. The molecule has 5 aromatic rings. The molecule has 0 spiro atoms. The van der Waals surface area contributed by atoms with Crippen LogP contribution in [0.15, 0.2) is 91.1 Å². The summed E-state index contributed by atoms with van der Waals surface area (Å²) in [5.41, 5.74) is 3.94. The fourth-order valence-electron chi connectivity index (χ4n) is 3.24. The van der Waals surface area contributed by atoms with Gasteiger partial charge in [0.05, 0.1) is 11.9 Å². The van der Waals surface area contributed by atoms with Crippen molar-refractivity contribution < 1.29 is 9.59 Å². The van der Waals surface area contributed by atoms with Crippen LogP contribution in [-0.2, 0) is 9.59 Å². The molecule has 0 aliphatic carbocycles. The number of hydrogen-bond acceptors (Lipinski definition) is 5. The Morgan fingerprint density at radius 2 is 1.52 bits per heavy atom. The first-order valence-corrected chi connectivity index (χ1v) is 8.94. The van der Waals surface area contributed by atoms with Crippen LogP contribution < -0.4 is 5.32 Å². The van der Waals surface area contributed by atoms with Gasteiger partial charge in [0, 0.05) is 11.3 Å². The molecule has 0 amide bonds. The quantitative estimate of drug-likeness (QED) is 0.491. The average molecular weight is 380 g/mol. The molecule has 2 aromatic heterocycles. The van der Waals surface area contributed by atoms with E-state index in [9.17, 15) is 0 Å². The lowest BCUT2D eigenvalue weighted by Crippen LogP contribution is -2.00. The summed E-state index contributed by atoms with van der Waals surface area (Å²) in [6, 6.07) is 28.6. The van der Waals surface area contributed by atoms with Gasteiger partial charge in [0.15, 0.2) is 11.5 Å². The standard InChI is InChI=1S/C22H16N4.CO2/c1-2-9-17(10-3-1)24-21-13-14-22-23-15-20(26(22)25-21)19-12-6-8-16-7-4-5-11-18(16)19;2-1-3/h1-15H,(H,24,25);. The number of imidazole rings is 1. The van der Waals surface area contributed by atoms with Crippen molar-refractivity contribution in [2.45, 2.75) is 0 Å². The van der Waals surface area contributed by atoms with Gasteiger partial charge in [-0.15, -0.1) is 5.10 Å². The normalized spacial score (nSPS) is 10.2. The van der Waals surface area contributed by atoms with Crippen LogP contribution in [-0.4, -0.2) is 20.7 Å². The zero-order valence-electron chi connectivity index (χ0n) is 15.3. The van der Waals surface area contributed by atoms with Crippen LogP contribution in [0.25, 0.3) is 27.7 Å². The number of hydrogen-bond donors (Lipinski definition) is 1. The first-order chi connectivity index (χ1) is 14.3. The third kappa shape index (κ3) is 3.74. The number of fused-ring (bicyclic) bond motifs is 2. The fraction of sp³-hybridized carbons (Fsp3) is 0. The first-order valence-electron chi connectivity index (χ1n) is 8.94. The maximum Gasteiger partial charge on any atom is 0.373 e. The summed E-state index contributed by atoms with van der Waals surface area (Å²) in [4.78, 5) is 20.8. The topological polar surface area (TPSA) is 76.4 Å². The van der Waals surface area contributed by atoms with Gasteiger partial charge >= 0.3 is 6.15 Å². The molecule has 0 saturated heterocycles. The Hall–Kier alpha value is -4.28. The molecule has 0 unspecified atom stereocenters. The van der Waals surface area contributed by atoms with Crippen LogP contribution in [0.1, 0.15) is 0 Å². The van der Waals surface area contributed by atoms with E-state index in [4.69, 9.17) is 14.7 Å². The van der Waals surface area contributed by atoms with Crippen LogP contribution in [0.4, 0.5) is 11.5 Å². The highest BCUT2D eigenvalue weighted by Gasteiger charge is 2.11. The van der Waals surface area contributed by atoms with Gasteiger partial charge in [0.25, 0.3) is 0 Å². The Balaban J connectivity index is 0.000000645. The van der Waals surface area contributed by atoms with Crippen molar-refractivity contribution >= 4 is 34.1 Å². The van der Waals surface area contributed by atoms with Crippen molar-refractivity contribution in [3.05, 3.63) is 91.1 Å². The predicted octanol–water partition coefficient (Wildman–Crippen LogP) is 4.71. The summed E-state index contributed by atoms with van der Waals surface area (Å²) in [5, 5.41) is 10.5. The molecule has 0 atom stereocenters. The monoisotopic (exact) mass is 380 g/mol. The molecule has 29 heavy (non-hydrogen) atoms. The molecule has 0 saturated carbocycles. The molecular weight excluding hydrogens is 364 g/mol. The van der Waals surface area contributed by atoms with E-state index in [1.165, 1.54) is 10.8 Å². The Labute approximate surface area is 166 Å². The zero-order valence-corrected chi connectivity index (χ0v) is 15.3. The molecule has 1 N–H and O–H groups in total. The summed E-state index contributed by atoms with van der Waals surface area (Å²) in [7, 11) is 0. The van der Waals surface area contributed by atoms with Gasteiger partial charge in [0.1, 0.15) is 0 Å². The molecule has 0 fully saturated rings. The minimum Gasteiger partial charge on any atom is -0.339 e. The SMILES string of the molecule is O=C=O.c1ccc(Nc2ccc3ncc(-c4cccc5ccccc45)n3n2)cc1. The van der Waals surface area contributed by atoms with Gasteiger partial charge in [-0.1, -0.05) is 60.7 Å². The van der Waals surface area contributed by atoms with E-state index in [0.29, 0.717) is 0 Å². The van der Waals surface area contributed by atoms with E-state index in [2.05, 4.69) is 52.8 Å². The number of rotatable bonds is 3. The lowest BCUT2D eigenvalue weighted by atomic mass is 10.0. The Kier molecular flexibility index (Phi) is 5.10. The van der Waals surface area contributed by atoms with Crippen LogP contribution in [0, 0.1) is 0 Å². The summed E-state index contributed by atoms with van der Waals surface area (Å²) in [5.74, 6) is 0.781. The van der Waals surface area contributed by atoms with Crippen molar-refractivity contribution in [3.63, 3.8) is 0 Å². The summed E-state index contributed by atoms with van der Waals surface area (Å²) >= 11 is 0. The maximum atomic E-state index is 8.12. The van der Waals surface area contributed by atoms with Gasteiger partial charge < -0.3 is 5.32 Å². The number of para-hydroxylation sites is 1. The molecule has 0 bridgehead atoms. The molecule has 3 aromatic carbocycles. The lowest BCUT2D eigenvalue weighted by Gasteiger charge is -2.08. The van der Waals surface area contributed by atoms with E-state index in [1.807, 2.05) is 53.2 Å². The number of benzene rings is 3. The highest BCUT2D eigenvalue weighted by molar-refractivity contribution is 5.96. The molecule has 0 radical (unpaired) electrons. The molecule has 2 heterocycles. The molecule has 0 aliphatic heterocycles. The van der Waals surface area contributed by atoms with Crippen molar-refractivity contribution in [1.82, 2.24) is 14.6 Å². The third-order valence-electron chi connectivity index (χ3n) is 4.47. The van der Waals surface area contributed by atoms with Gasteiger partial charge in [0.2, 0.25) is 0 Å². The van der Waals surface area contributed by atoms with E-state index < -0.39 is 0 Å². The van der Waals surface area contributed by atoms with E-state index >= 15 is 0 Å². The minimum atomic E-state index is 0.250. The molecule has 0 aliphatic rings. The largest absolute Gasteiger partial charge is 0.373 e. The van der Waals surface area contributed by atoms with Crippen molar-refractivity contribution in [2.75, 3.05) is 5.32 Å². The lowest BCUT2D eigenvalue weighted by molar-refractivity contribution is -0.191. The van der Waals surface area contributed by atoms with Gasteiger partial charge in [-0.25, -0.2) is 9.50 Å².